The summed E-state index contributed by atoms with van der Waals surface area (Å²) in [5, 5.41) is 2.51. The Morgan fingerprint density at radius 2 is 0.904 bits per heavy atom. The molecule has 3 aliphatic rings. The fourth-order valence-corrected chi connectivity index (χ4v) is 10.0. The number of fused-ring (bicyclic) bond motifs is 10. The van der Waals surface area contributed by atoms with Crippen LogP contribution in [-0.4, -0.2) is 0 Å². The lowest BCUT2D eigenvalue weighted by Gasteiger charge is -2.45. The zero-order valence-electron chi connectivity index (χ0n) is 29.6. The van der Waals surface area contributed by atoms with Crippen LogP contribution in [0.3, 0.4) is 0 Å². The second kappa shape index (κ2) is 10.4. The molecular weight excluding hydrogens is 627 g/mol. The van der Waals surface area contributed by atoms with Crippen molar-refractivity contribution in [3.05, 3.63) is 198 Å². The third kappa shape index (κ3) is 3.83. The summed E-state index contributed by atoms with van der Waals surface area (Å²) in [5.41, 5.74) is 20.8. The first-order valence-electron chi connectivity index (χ1n) is 18.4. The van der Waals surface area contributed by atoms with Gasteiger partial charge in [-0.05, 0) is 126 Å². The summed E-state index contributed by atoms with van der Waals surface area (Å²) in [7, 11) is 0. The number of hydrogen-bond donors (Lipinski definition) is 0. The maximum atomic E-state index is 2.54. The Bertz CT molecular complexity index is 2770. The lowest BCUT2D eigenvalue weighted by Crippen LogP contribution is -2.35. The van der Waals surface area contributed by atoms with E-state index < -0.39 is 0 Å². The summed E-state index contributed by atoms with van der Waals surface area (Å²) in [4.78, 5) is 2.54. The van der Waals surface area contributed by atoms with Gasteiger partial charge in [-0.3, -0.25) is 0 Å². The lowest BCUT2D eigenvalue weighted by molar-refractivity contribution is 0.615. The molecule has 0 bridgehead atoms. The molecule has 0 saturated heterocycles. The first kappa shape index (κ1) is 29.5. The molecule has 1 unspecified atom stereocenters. The molecule has 0 fully saturated rings. The lowest BCUT2D eigenvalue weighted by atomic mass is 9.65. The molecule has 1 aliphatic heterocycles. The normalized spacial score (nSPS) is 16.9. The minimum Gasteiger partial charge on any atom is -0.310 e. The van der Waals surface area contributed by atoms with Crippen LogP contribution in [0.4, 0.5) is 17.1 Å². The summed E-state index contributed by atoms with van der Waals surface area (Å²) in [6.07, 6.45) is 0. The zero-order valence-corrected chi connectivity index (χ0v) is 29.6. The molecule has 2 aliphatic carbocycles. The third-order valence-corrected chi connectivity index (χ3v) is 12.4. The van der Waals surface area contributed by atoms with E-state index in [0.29, 0.717) is 0 Å². The van der Waals surface area contributed by atoms with Gasteiger partial charge >= 0.3 is 0 Å². The zero-order chi connectivity index (χ0) is 34.8. The summed E-state index contributed by atoms with van der Waals surface area (Å²) in [5.74, 6) is 0. The van der Waals surface area contributed by atoms with Crippen LogP contribution >= 0.6 is 0 Å². The Hall–Kier alpha value is -6.18. The van der Waals surface area contributed by atoms with Gasteiger partial charge in [-0.2, -0.15) is 0 Å². The van der Waals surface area contributed by atoms with E-state index in [0.717, 1.165) is 0 Å². The van der Waals surface area contributed by atoms with Crippen LogP contribution in [0.15, 0.2) is 170 Å². The maximum absolute atomic E-state index is 2.54. The average molecular weight is 664 g/mol. The Kier molecular flexibility index (Phi) is 5.93. The number of benzene rings is 8. The molecule has 8 aromatic carbocycles. The SMILES string of the molecule is CC1(C)c2ccccc2-c2ccc3c(c21)C1(C)c2ccccc2-c2cccc(c21)N3c1ccc(-c2ccc3cc(-c4ccccc4)ccc3c2)cc1. The topological polar surface area (TPSA) is 3.24 Å². The summed E-state index contributed by atoms with van der Waals surface area (Å²) in [6, 6.07) is 63.3. The van der Waals surface area contributed by atoms with Crippen molar-refractivity contribution in [1.82, 2.24) is 0 Å². The van der Waals surface area contributed by atoms with Crippen molar-refractivity contribution in [3.63, 3.8) is 0 Å². The van der Waals surface area contributed by atoms with Crippen LogP contribution in [-0.2, 0) is 10.8 Å². The van der Waals surface area contributed by atoms with Crippen molar-refractivity contribution in [2.45, 2.75) is 31.6 Å². The summed E-state index contributed by atoms with van der Waals surface area (Å²) >= 11 is 0. The van der Waals surface area contributed by atoms with E-state index in [4.69, 9.17) is 0 Å². The largest absolute Gasteiger partial charge is 0.310 e. The monoisotopic (exact) mass is 663 g/mol. The number of nitrogens with zero attached hydrogens (tertiary/aromatic N) is 1. The first-order chi connectivity index (χ1) is 25.4. The summed E-state index contributed by atoms with van der Waals surface area (Å²) in [6.45, 7) is 7.34. The van der Waals surface area contributed by atoms with Crippen LogP contribution in [0, 0.1) is 0 Å². The Balaban J connectivity index is 1.08. The van der Waals surface area contributed by atoms with Crippen molar-refractivity contribution in [2.24, 2.45) is 0 Å². The van der Waals surface area contributed by atoms with E-state index in [1.165, 1.54) is 100 Å². The minimum atomic E-state index is -0.287. The van der Waals surface area contributed by atoms with Gasteiger partial charge in [0.05, 0.1) is 11.4 Å². The van der Waals surface area contributed by atoms with Crippen LogP contribution in [0.1, 0.15) is 48.6 Å². The van der Waals surface area contributed by atoms with Gasteiger partial charge in [0.1, 0.15) is 0 Å². The molecule has 246 valence electrons. The average Bonchev–Trinajstić information content (AvgIpc) is 3.60. The second-order valence-electron chi connectivity index (χ2n) is 15.4. The van der Waals surface area contributed by atoms with E-state index in [9.17, 15) is 0 Å². The van der Waals surface area contributed by atoms with E-state index in [1.807, 2.05) is 0 Å². The third-order valence-electron chi connectivity index (χ3n) is 12.4. The van der Waals surface area contributed by atoms with Gasteiger partial charge in [0.25, 0.3) is 0 Å². The van der Waals surface area contributed by atoms with Crippen molar-refractivity contribution in [2.75, 3.05) is 4.90 Å². The number of hydrogen-bond acceptors (Lipinski definition) is 1. The van der Waals surface area contributed by atoms with Gasteiger partial charge in [0.2, 0.25) is 0 Å². The van der Waals surface area contributed by atoms with Gasteiger partial charge in [-0.25, -0.2) is 0 Å². The smallest absolute Gasteiger partial charge is 0.0512 e. The van der Waals surface area contributed by atoms with E-state index >= 15 is 0 Å². The molecule has 0 saturated carbocycles. The van der Waals surface area contributed by atoms with Crippen LogP contribution < -0.4 is 4.90 Å². The van der Waals surface area contributed by atoms with Crippen molar-refractivity contribution in [3.8, 4) is 44.5 Å². The maximum Gasteiger partial charge on any atom is 0.0512 e. The van der Waals surface area contributed by atoms with Gasteiger partial charge in [0.15, 0.2) is 0 Å². The van der Waals surface area contributed by atoms with Gasteiger partial charge in [-0.15, -0.1) is 0 Å². The first-order valence-corrected chi connectivity index (χ1v) is 18.4. The van der Waals surface area contributed by atoms with Gasteiger partial charge < -0.3 is 4.90 Å². The van der Waals surface area contributed by atoms with Crippen LogP contribution in [0.5, 0.6) is 0 Å². The molecule has 1 atom stereocenters. The van der Waals surface area contributed by atoms with Crippen molar-refractivity contribution in [1.29, 1.82) is 0 Å². The molecule has 1 nitrogen and oxygen atoms in total. The van der Waals surface area contributed by atoms with Gasteiger partial charge in [-0.1, -0.05) is 147 Å². The predicted molar refractivity (Wildman–Crippen MR) is 218 cm³/mol. The minimum absolute atomic E-state index is 0.141. The Morgan fingerprint density at radius 3 is 1.62 bits per heavy atom. The molecule has 0 spiro atoms. The van der Waals surface area contributed by atoms with E-state index in [-0.39, 0.29) is 10.8 Å². The van der Waals surface area contributed by atoms with Crippen LogP contribution in [0.2, 0.25) is 0 Å². The number of anilines is 3. The highest BCUT2D eigenvalue weighted by Crippen LogP contribution is 2.66. The molecular formula is C51H37N. The Labute approximate surface area is 305 Å². The van der Waals surface area contributed by atoms with Crippen molar-refractivity contribution < 1.29 is 0 Å². The standard InChI is InChI=1S/C51H37N/c1-50(2)43-17-9-7-14-39(43)42-28-29-46-49(48(42)50)51(3)44-18-10-8-15-40(44)41-16-11-19-45(47(41)51)52(46)38-26-24-33(25-27-38)35-21-23-36-30-34(20-22-37(36)31-35)32-12-5-4-6-13-32/h4-31H,1-3H3. The molecule has 52 heavy (non-hydrogen) atoms. The highest BCUT2D eigenvalue weighted by Gasteiger charge is 2.52. The number of rotatable bonds is 3. The fourth-order valence-electron chi connectivity index (χ4n) is 10.0. The quantitative estimate of drug-likeness (QED) is 0.182. The summed E-state index contributed by atoms with van der Waals surface area (Å²) < 4.78 is 0. The fraction of sp³-hybridized carbons (Fsp3) is 0.0980. The molecule has 0 radical (unpaired) electrons. The molecule has 0 amide bonds. The van der Waals surface area contributed by atoms with Crippen molar-refractivity contribution >= 4 is 27.8 Å². The molecule has 11 rings (SSSR count). The molecule has 0 N–H and O–H groups in total. The highest BCUT2D eigenvalue weighted by atomic mass is 15.2. The second-order valence-corrected chi connectivity index (χ2v) is 15.4. The highest BCUT2D eigenvalue weighted by molar-refractivity contribution is 6.00. The predicted octanol–water partition coefficient (Wildman–Crippen LogP) is 13.6. The Morgan fingerprint density at radius 1 is 0.365 bits per heavy atom. The van der Waals surface area contributed by atoms with Crippen LogP contribution in [0.25, 0.3) is 55.3 Å². The van der Waals surface area contributed by atoms with Gasteiger partial charge in [0, 0.05) is 16.5 Å². The molecule has 1 heteroatoms. The molecule has 1 heterocycles. The van der Waals surface area contributed by atoms with E-state index in [2.05, 4.69) is 196 Å². The molecule has 8 aromatic rings. The molecule has 0 aromatic heterocycles. The van der Waals surface area contributed by atoms with E-state index in [1.54, 1.807) is 0 Å².